The lowest BCUT2D eigenvalue weighted by atomic mass is 9.96. The zero-order chi connectivity index (χ0) is 26.6. The Hall–Kier alpha value is -2.67. The van der Waals surface area contributed by atoms with Crippen LogP contribution in [0.25, 0.3) is 0 Å². The first-order valence-corrected chi connectivity index (χ1v) is 14.6. The van der Waals surface area contributed by atoms with E-state index in [0.717, 1.165) is 36.0 Å². The Labute approximate surface area is 234 Å². The predicted octanol–water partition coefficient (Wildman–Crippen LogP) is 7.73. The van der Waals surface area contributed by atoms with Crippen LogP contribution in [-0.4, -0.2) is 34.3 Å². The molecule has 3 aromatic carbocycles. The number of nitrogens with zero attached hydrogens (tertiary/aromatic N) is 1. The number of aliphatic hydroxyl groups excluding tert-OH is 1. The Morgan fingerprint density at radius 2 is 1.45 bits per heavy atom. The number of hydrogen-bond acceptors (Lipinski definition) is 4. The number of benzene rings is 3. The van der Waals surface area contributed by atoms with Crippen LogP contribution < -0.4 is 0 Å². The largest absolute Gasteiger partial charge is 0.445 e. The van der Waals surface area contributed by atoms with Gasteiger partial charge in [-0.2, -0.15) is 5.06 Å². The van der Waals surface area contributed by atoms with Crippen LogP contribution in [0.15, 0.2) is 84.9 Å². The quantitative estimate of drug-likeness (QED) is 0.148. The van der Waals surface area contributed by atoms with Gasteiger partial charge in [0.05, 0.1) is 17.5 Å². The second-order valence-corrected chi connectivity index (χ2v) is 11.1. The molecule has 4 rings (SSSR count). The number of aliphatic hydroxyl groups is 1. The fourth-order valence-electron chi connectivity index (χ4n) is 4.94. The van der Waals surface area contributed by atoms with Crippen LogP contribution in [0.1, 0.15) is 72.9 Å². The molecule has 0 spiro atoms. The number of amides is 1. The molecule has 202 valence electrons. The highest BCUT2D eigenvalue weighted by Crippen LogP contribution is 2.31. The van der Waals surface area contributed by atoms with E-state index >= 15 is 0 Å². The molecule has 6 heteroatoms. The van der Waals surface area contributed by atoms with E-state index in [1.807, 2.05) is 48.5 Å². The lowest BCUT2D eigenvalue weighted by Crippen LogP contribution is -2.32. The molecule has 3 atom stereocenters. The van der Waals surface area contributed by atoms with Crippen molar-refractivity contribution in [1.29, 1.82) is 0 Å². The van der Waals surface area contributed by atoms with Gasteiger partial charge >= 0.3 is 6.09 Å². The molecule has 0 aromatic heterocycles. The summed E-state index contributed by atoms with van der Waals surface area (Å²) in [7, 11) is 0. The molecule has 38 heavy (non-hydrogen) atoms. The molecule has 1 fully saturated rings. The van der Waals surface area contributed by atoms with Crippen molar-refractivity contribution in [2.45, 2.75) is 68.3 Å². The molecule has 0 radical (unpaired) electrons. The third-order valence-corrected chi connectivity index (χ3v) is 7.87. The molecule has 5 nitrogen and oxygen atoms in total. The topological polar surface area (TPSA) is 59.0 Å². The second kappa shape index (κ2) is 15.1. The maximum Gasteiger partial charge on any atom is 0.434 e. The molecule has 1 amide bonds. The van der Waals surface area contributed by atoms with Gasteiger partial charge in [0.15, 0.2) is 0 Å². The zero-order valence-corrected chi connectivity index (χ0v) is 23.5. The standard InChI is InChI=1S/C32H38BrNO4/c33-29(23-38-34-30(24-37-32(34)36)27-20-11-6-12-21-27)31(35)28-22-14-13-19-26(28)18-10-4-2-1-3-7-15-25-16-8-5-9-17-25/h5-6,8-9,11-14,16-17,19-22,29-31,35H,1-4,7,10,15,18,23-24H2/t29-,30+,31-/m0/s1. The normalized spacial score (nSPS) is 16.8. The number of hydroxylamine groups is 2. The van der Waals surface area contributed by atoms with Crippen LogP contribution in [0.2, 0.25) is 0 Å². The number of cyclic esters (lactones) is 1. The summed E-state index contributed by atoms with van der Waals surface area (Å²) in [6.07, 6.45) is 8.15. The van der Waals surface area contributed by atoms with E-state index in [4.69, 9.17) is 9.57 Å². The lowest BCUT2D eigenvalue weighted by molar-refractivity contribution is -0.136. The highest BCUT2D eigenvalue weighted by Gasteiger charge is 2.36. The van der Waals surface area contributed by atoms with E-state index in [-0.39, 0.29) is 24.1 Å². The van der Waals surface area contributed by atoms with Gasteiger partial charge in [-0.05, 0) is 47.9 Å². The maximum atomic E-state index is 12.3. The third-order valence-electron chi connectivity index (χ3n) is 7.11. The summed E-state index contributed by atoms with van der Waals surface area (Å²) in [6.45, 7) is 0.380. The van der Waals surface area contributed by atoms with Gasteiger partial charge in [0.1, 0.15) is 12.6 Å². The van der Waals surface area contributed by atoms with E-state index in [2.05, 4.69) is 52.3 Å². The summed E-state index contributed by atoms with van der Waals surface area (Å²) in [6, 6.07) is 28.2. The number of aryl methyl sites for hydroxylation is 2. The predicted molar refractivity (Wildman–Crippen MR) is 154 cm³/mol. The van der Waals surface area contributed by atoms with E-state index < -0.39 is 12.2 Å². The van der Waals surface area contributed by atoms with Crippen molar-refractivity contribution >= 4 is 22.0 Å². The fourth-order valence-corrected chi connectivity index (χ4v) is 5.35. The van der Waals surface area contributed by atoms with Gasteiger partial charge in [-0.1, -0.05) is 127 Å². The molecule has 1 heterocycles. The Balaban J connectivity index is 1.20. The molecule has 1 saturated heterocycles. The summed E-state index contributed by atoms with van der Waals surface area (Å²) in [4.78, 5) is 17.7. The van der Waals surface area contributed by atoms with E-state index in [9.17, 15) is 9.90 Å². The van der Waals surface area contributed by atoms with Crippen LogP contribution in [0, 0.1) is 0 Å². The molecule has 0 saturated carbocycles. The first-order valence-electron chi connectivity index (χ1n) is 13.7. The van der Waals surface area contributed by atoms with Gasteiger partial charge in [0.25, 0.3) is 0 Å². The van der Waals surface area contributed by atoms with Crippen molar-refractivity contribution in [3.63, 3.8) is 0 Å². The van der Waals surface area contributed by atoms with Gasteiger partial charge < -0.3 is 9.84 Å². The molecular weight excluding hydrogens is 542 g/mol. The van der Waals surface area contributed by atoms with Crippen LogP contribution >= 0.6 is 15.9 Å². The van der Waals surface area contributed by atoms with Crippen LogP contribution in [-0.2, 0) is 22.4 Å². The second-order valence-electron chi connectivity index (χ2n) is 9.89. The lowest BCUT2D eigenvalue weighted by Gasteiger charge is -2.25. The smallest absolute Gasteiger partial charge is 0.434 e. The molecule has 0 aliphatic carbocycles. The SMILES string of the molecule is O=C1OC[C@H](c2ccccc2)N1OC[C@H](Br)[C@@H](O)c1ccccc1CCCCCCCCc1ccccc1. The number of alkyl halides is 1. The molecule has 0 unspecified atom stereocenters. The summed E-state index contributed by atoms with van der Waals surface area (Å²) in [5, 5.41) is 12.4. The number of ether oxygens (including phenoxy) is 1. The molecule has 1 aliphatic heterocycles. The van der Waals surface area contributed by atoms with Crippen molar-refractivity contribution < 1.29 is 19.5 Å². The number of halogens is 1. The average Bonchev–Trinajstić information content (AvgIpc) is 3.34. The van der Waals surface area contributed by atoms with Gasteiger partial charge in [-0.25, -0.2) is 4.79 Å². The minimum absolute atomic E-state index is 0.136. The number of rotatable bonds is 15. The van der Waals surface area contributed by atoms with Gasteiger partial charge in [-0.15, -0.1) is 0 Å². The van der Waals surface area contributed by atoms with Crippen molar-refractivity contribution in [3.8, 4) is 0 Å². The van der Waals surface area contributed by atoms with Crippen molar-refractivity contribution in [2.75, 3.05) is 13.2 Å². The highest BCUT2D eigenvalue weighted by molar-refractivity contribution is 9.09. The first kappa shape index (κ1) is 28.3. The summed E-state index contributed by atoms with van der Waals surface area (Å²) >= 11 is 3.60. The Kier molecular flexibility index (Phi) is 11.2. The number of carbonyl (C=O) groups excluding carboxylic acids is 1. The molecular formula is C32H38BrNO4. The minimum atomic E-state index is -0.752. The summed E-state index contributed by atoms with van der Waals surface area (Å²) < 4.78 is 5.22. The molecule has 1 N–H and O–H groups in total. The van der Waals surface area contributed by atoms with Gasteiger partial charge in [0.2, 0.25) is 0 Å². The third kappa shape index (κ3) is 8.16. The number of carbonyl (C=O) groups is 1. The molecule has 3 aromatic rings. The number of unbranched alkanes of at least 4 members (excludes halogenated alkanes) is 5. The fraction of sp³-hybridized carbons (Fsp3) is 0.406. The Morgan fingerprint density at radius 3 is 2.18 bits per heavy atom. The van der Waals surface area contributed by atoms with Crippen LogP contribution in [0.4, 0.5) is 4.79 Å². The Bertz CT molecular complexity index is 1110. The summed E-state index contributed by atoms with van der Waals surface area (Å²) in [5.41, 5.74) is 4.45. The maximum absolute atomic E-state index is 12.3. The van der Waals surface area contributed by atoms with Crippen LogP contribution in [0.5, 0.6) is 0 Å². The van der Waals surface area contributed by atoms with Crippen molar-refractivity contribution in [3.05, 3.63) is 107 Å². The zero-order valence-electron chi connectivity index (χ0n) is 21.9. The molecule has 1 aliphatic rings. The average molecular weight is 581 g/mol. The van der Waals surface area contributed by atoms with E-state index in [0.29, 0.717) is 0 Å². The van der Waals surface area contributed by atoms with Gasteiger partial charge in [0, 0.05) is 0 Å². The first-order chi connectivity index (χ1) is 18.6. The van der Waals surface area contributed by atoms with Gasteiger partial charge in [-0.3, -0.25) is 4.84 Å². The monoisotopic (exact) mass is 579 g/mol. The highest BCUT2D eigenvalue weighted by atomic mass is 79.9. The summed E-state index contributed by atoms with van der Waals surface area (Å²) in [5.74, 6) is 0. The van der Waals surface area contributed by atoms with E-state index in [1.165, 1.54) is 42.7 Å². The van der Waals surface area contributed by atoms with Crippen molar-refractivity contribution in [1.82, 2.24) is 5.06 Å². The molecule has 0 bridgehead atoms. The van der Waals surface area contributed by atoms with E-state index in [1.54, 1.807) is 0 Å². The Morgan fingerprint density at radius 1 is 0.842 bits per heavy atom. The minimum Gasteiger partial charge on any atom is -0.445 e. The van der Waals surface area contributed by atoms with Crippen LogP contribution in [0.3, 0.4) is 0 Å². The number of hydrogen-bond donors (Lipinski definition) is 1. The van der Waals surface area contributed by atoms with Crippen molar-refractivity contribution in [2.24, 2.45) is 0 Å².